The normalized spacial score (nSPS) is 12.5. The van der Waals surface area contributed by atoms with Gasteiger partial charge in [0.2, 0.25) is 5.89 Å². The predicted molar refractivity (Wildman–Crippen MR) is 86.8 cm³/mol. The Morgan fingerprint density at radius 3 is 2.81 bits per heavy atom. The van der Waals surface area contributed by atoms with Gasteiger partial charge in [0.15, 0.2) is 5.82 Å². The molecule has 1 unspecified atom stereocenters. The Kier molecular flexibility index (Phi) is 6.54. The van der Waals surface area contributed by atoms with E-state index in [1.807, 2.05) is 24.3 Å². The van der Waals surface area contributed by atoms with Crippen LogP contribution in [0.2, 0.25) is 5.02 Å². The molecule has 1 atom stereocenters. The molecule has 1 N–H and O–H groups in total. The van der Waals surface area contributed by atoms with Gasteiger partial charge < -0.3 is 9.84 Å². The Labute approximate surface area is 134 Å². The summed E-state index contributed by atoms with van der Waals surface area (Å²) in [7, 11) is 0. The first kappa shape index (κ1) is 16.3. The van der Waals surface area contributed by atoms with Crippen LogP contribution in [-0.4, -0.2) is 22.7 Å². The van der Waals surface area contributed by atoms with E-state index in [0.717, 1.165) is 35.1 Å². The van der Waals surface area contributed by atoms with Crippen LogP contribution in [0.5, 0.6) is 0 Å². The second kappa shape index (κ2) is 8.41. The van der Waals surface area contributed by atoms with Crippen molar-refractivity contribution in [2.45, 2.75) is 43.4 Å². The molecule has 0 amide bonds. The smallest absolute Gasteiger partial charge is 0.226 e. The Morgan fingerprint density at radius 2 is 2.10 bits per heavy atom. The molecule has 1 heterocycles. The highest BCUT2D eigenvalue weighted by Crippen LogP contribution is 2.23. The third-order valence-electron chi connectivity index (χ3n) is 3.04. The number of aryl methyl sites for hydroxylation is 1. The molecule has 1 aromatic carbocycles. The highest BCUT2D eigenvalue weighted by molar-refractivity contribution is 7.98. The number of halogens is 1. The van der Waals surface area contributed by atoms with Crippen LogP contribution in [0.3, 0.4) is 0 Å². The van der Waals surface area contributed by atoms with Gasteiger partial charge in [-0.15, -0.1) is 11.8 Å². The Hall–Kier alpha value is -1.04. The van der Waals surface area contributed by atoms with Crippen LogP contribution in [0, 0.1) is 0 Å². The molecule has 0 saturated carbocycles. The van der Waals surface area contributed by atoms with E-state index < -0.39 is 0 Å². The third-order valence-corrected chi connectivity index (χ3v) is 4.30. The second-order valence-corrected chi connectivity index (χ2v) is 6.33. The molecule has 4 nitrogen and oxygen atoms in total. The lowest BCUT2D eigenvalue weighted by molar-refractivity contribution is 0.364. The summed E-state index contributed by atoms with van der Waals surface area (Å²) in [5, 5.41) is 8.13. The maximum atomic E-state index is 5.86. The van der Waals surface area contributed by atoms with Gasteiger partial charge in [-0.2, -0.15) is 4.98 Å². The molecule has 6 heteroatoms. The van der Waals surface area contributed by atoms with Crippen LogP contribution in [0.25, 0.3) is 0 Å². The molecular formula is C15H20ClN3OS. The average Bonchev–Trinajstić information content (AvgIpc) is 2.93. The molecule has 1 aromatic heterocycles. The molecule has 0 spiro atoms. The van der Waals surface area contributed by atoms with Crippen molar-refractivity contribution in [1.82, 2.24) is 15.5 Å². The standard InChI is InChI=1S/C15H20ClN3OS/c1-3-17-11(2)4-9-15-18-14(19-20-15)10-21-13-7-5-12(16)6-8-13/h5-8,11,17H,3-4,9-10H2,1-2H3. The van der Waals surface area contributed by atoms with Gasteiger partial charge in [-0.1, -0.05) is 23.7 Å². The average molecular weight is 326 g/mol. The maximum absolute atomic E-state index is 5.86. The number of thioether (sulfide) groups is 1. The summed E-state index contributed by atoms with van der Waals surface area (Å²) in [6.45, 7) is 5.25. The van der Waals surface area contributed by atoms with Crippen LogP contribution in [0.4, 0.5) is 0 Å². The van der Waals surface area contributed by atoms with Gasteiger partial charge in [0, 0.05) is 22.4 Å². The molecular weight excluding hydrogens is 306 g/mol. The molecule has 0 aliphatic rings. The summed E-state index contributed by atoms with van der Waals surface area (Å²) in [5.41, 5.74) is 0. The van der Waals surface area contributed by atoms with Crippen LogP contribution in [-0.2, 0) is 12.2 Å². The Balaban J connectivity index is 1.78. The lowest BCUT2D eigenvalue weighted by atomic mass is 10.2. The fourth-order valence-corrected chi connectivity index (χ4v) is 2.79. The van der Waals surface area contributed by atoms with E-state index >= 15 is 0 Å². The van der Waals surface area contributed by atoms with Crippen LogP contribution < -0.4 is 5.32 Å². The highest BCUT2D eigenvalue weighted by atomic mass is 35.5. The van der Waals surface area contributed by atoms with Crippen molar-refractivity contribution in [3.05, 3.63) is 41.0 Å². The van der Waals surface area contributed by atoms with E-state index in [9.17, 15) is 0 Å². The van der Waals surface area contributed by atoms with E-state index in [0.29, 0.717) is 17.7 Å². The molecule has 0 fully saturated rings. The van der Waals surface area contributed by atoms with E-state index in [2.05, 4.69) is 29.3 Å². The fraction of sp³-hybridized carbons (Fsp3) is 0.467. The van der Waals surface area contributed by atoms with Crippen molar-refractivity contribution in [2.75, 3.05) is 6.54 Å². The number of hydrogen-bond acceptors (Lipinski definition) is 5. The molecule has 0 bridgehead atoms. The van der Waals surface area contributed by atoms with Crippen LogP contribution >= 0.6 is 23.4 Å². The van der Waals surface area contributed by atoms with Crippen molar-refractivity contribution in [3.63, 3.8) is 0 Å². The van der Waals surface area contributed by atoms with E-state index in [-0.39, 0.29) is 0 Å². The van der Waals surface area contributed by atoms with Crippen molar-refractivity contribution >= 4 is 23.4 Å². The van der Waals surface area contributed by atoms with E-state index in [4.69, 9.17) is 16.1 Å². The van der Waals surface area contributed by atoms with Crippen molar-refractivity contribution in [1.29, 1.82) is 0 Å². The first-order valence-electron chi connectivity index (χ1n) is 7.10. The van der Waals surface area contributed by atoms with E-state index in [1.165, 1.54) is 0 Å². The molecule has 0 saturated heterocycles. The number of aromatic nitrogens is 2. The minimum atomic E-state index is 0.466. The number of nitrogens with zero attached hydrogens (tertiary/aromatic N) is 2. The van der Waals surface area contributed by atoms with Crippen molar-refractivity contribution in [2.24, 2.45) is 0 Å². The zero-order valence-corrected chi connectivity index (χ0v) is 13.9. The zero-order chi connectivity index (χ0) is 15.1. The third kappa shape index (κ3) is 5.69. The quantitative estimate of drug-likeness (QED) is 0.745. The minimum absolute atomic E-state index is 0.466. The topological polar surface area (TPSA) is 51.0 Å². The fourth-order valence-electron chi connectivity index (χ4n) is 1.92. The lowest BCUT2D eigenvalue weighted by Gasteiger charge is -2.09. The van der Waals surface area contributed by atoms with Gasteiger partial charge in [0.1, 0.15) is 0 Å². The summed E-state index contributed by atoms with van der Waals surface area (Å²) in [6.07, 6.45) is 1.81. The number of rotatable bonds is 8. The number of hydrogen-bond donors (Lipinski definition) is 1. The minimum Gasteiger partial charge on any atom is -0.339 e. The number of nitrogens with one attached hydrogen (secondary N) is 1. The van der Waals surface area contributed by atoms with Gasteiger partial charge in [0.05, 0.1) is 5.75 Å². The van der Waals surface area contributed by atoms with Gasteiger partial charge in [-0.3, -0.25) is 0 Å². The first-order chi connectivity index (χ1) is 10.2. The van der Waals surface area contributed by atoms with Crippen molar-refractivity contribution < 1.29 is 4.52 Å². The molecule has 2 rings (SSSR count). The van der Waals surface area contributed by atoms with Gasteiger partial charge in [-0.05, 0) is 44.2 Å². The predicted octanol–water partition coefficient (Wildman–Crippen LogP) is 3.95. The monoisotopic (exact) mass is 325 g/mol. The molecule has 0 aliphatic heterocycles. The number of benzene rings is 1. The largest absolute Gasteiger partial charge is 0.339 e. The molecule has 0 aliphatic carbocycles. The molecule has 2 aromatic rings. The van der Waals surface area contributed by atoms with Crippen LogP contribution in [0.15, 0.2) is 33.7 Å². The van der Waals surface area contributed by atoms with Crippen LogP contribution in [0.1, 0.15) is 32.0 Å². The summed E-state index contributed by atoms with van der Waals surface area (Å²) in [6, 6.07) is 8.22. The van der Waals surface area contributed by atoms with Gasteiger partial charge in [0.25, 0.3) is 0 Å². The summed E-state index contributed by atoms with van der Waals surface area (Å²) < 4.78 is 5.28. The Bertz CT molecular complexity index is 544. The highest BCUT2D eigenvalue weighted by Gasteiger charge is 2.09. The summed E-state index contributed by atoms with van der Waals surface area (Å²) in [5.74, 6) is 2.15. The maximum Gasteiger partial charge on any atom is 0.226 e. The molecule has 21 heavy (non-hydrogen) atoms. The zero-order valence-electron chi connectivity index (χ0n) is 12.3. The second-order valence-electron chi connectivity index (χ2n) is 4.84. The summed E-state index contributed by atoms with van der Waals surface area (Å²) in [4.78, 5) is 5.57. The molecule has 114 valence electrons. The van der Waals surface area contributed by atoms with E-state index in [1.54, 1.807) is 11.8 Å². The summed E-state index contributed by atoms with van der Waals surface area (Å²) >= 11 is 7.53. The molecule has 0 radical (unpaired) electrons. The Morgan fingerprint density at radius 1 is 1.33 bits per heavy atom. The van der Waals surface area contributed by atoms with Gasteiger partial charge in [-0.25, -0.2) is 0 Å². The SMILES string of the molecule is CCNC(C)CCc1nc(CSc2ccc(Cl)cc2)no1. The lowest BCUT2D eigenvalue weighted by Crippen LogP contribution is -2.25. The van der Waals surface area contributed by atoms with Crippen molar-refractivity contribution in [3.8, 4) is 0 Å². The first-order valence-corrected chi connectivity index (χ1v) is 8.47. The van der Waals surface area contributed by atoms with Gasteiger partial charge >= 0.3 is 0 Å².